The van der Waals surface area contributed by atoms with Crippen LogP contribution in [-0.4, -0.2) is 11.1 Å². The number of benzene rings is 2. The summed E-state index contributed by atoms with van der Waals surface area (Å²) < 4.78 is 0. The number of carbonyl (C=O) groups is 1. The maximum absolute atomic E-state index is 11.1. The highest BCUT2D eigenvalue weighted by Crippen LogP contribution is 2.49. The van der Waals surface area contributed by atoms with E-state index >= 15 is 0 Å². The van der Waals surface area contributed by atoms with Gasteiger partial charge in [0, 0.05) is 10.4 Å². The third-order valence-corrected chi connectivity index (χ3v) is 4.12. The van der Waals surface area contributed by atoms with Crippen molar-refractivity contribution >= 4 is 17.6 Å². The third-order valence-electron chi connectivity index (χ3n) is 3.88. The molecule has 3 rings (SSSR count). The van der Waals surface area contributed by atoms with Crippen LogP contribution in [0.4, 0.5) is 0 Å². The van der Waals surface area contributed by atoms with Crippen molar-refractivity contribution in [2.24, 2.45) is 0 Å². The van der Waals surface area contributed by atoms with Crippen molar-refractivity contribution in [3.8, 4) is 11.1 Å². The van der Waals surface area contributed by atoms with Gasteiger partial charge < -0.3 is 5.11 Å². The van der Waals surface area contributed by atoms with E-state index in [0.29, 0.717) is 10.6 Å². The number of carboxylic acid groups (broad SMARTS) is 1. The van der Waals surface area contributed by atoms with Crippen LogP contribution in [0.25, 0.3) is 11.1 Å². The molecule has 1 N–H and O–H groups in total. The Labute approximate surface area is 116 Å². The van der Waals surface area contributed by atoms with Gasteiger partial charge in [0.25, 0.3) is 0 Å². The molecule has 0 aromatic heterocycles. The predicted molar refractivity (Wildman–Crippen MR) is 76.0 cm³/mol. The number of hydrogen-bond donors (Lipinski definition) is 1. The fourth-order valence-corrected chi connectivity index (χ4v) is 3.01. The summed E-state index contributed by atoms with van der Waals surface area (Å²) in [6.45, 7) is 4.19. The van der Waals surface area contributed by atoms with E-state index in [1.807, 2.05) is 24.3 Å². The smallest absolute Gasteiger partial charge is 0.335 e. The summed E-state index contributed by atoms with van der Waals surface area (Å²) in [5, 5.41) is 9.83. The van der Waals surface area contributed by atoms with Crippen LogP contribution < -0.4 is 0 Å². The fourth-order valence-electron chi connectivity index (χ4n) is 2.84. The van der Waals surface area contributed by atoms with Crippen LogP contribution in [0.5, 0.6) is 0 Å². The van der Waals surface area contributed by atoms with Gasteiger partial charge in [-0.3, -0.25) is 0 Å². The summed E-state index contributed by atoms with van der Waals surface area (Å²) >= 11 is 6.08. The number of aromatic carboxylic acids is 1. The molecular weight excluding hydrogens is 260 g/mol. The molecule has 0 bridgehead atoms. The predicted octanol–water partition coefficient (Wildman–Crippen LogP) is 4.34. The van der Waals surface area contributed by atoms with Gasteiger partial charge in [-0.25, -0.2) is 4.79 Å². The summed E-state index contributed by atoms with van der Waals surface area (Å²) in [5.41, 5.74) is 4.54. The Bertz CT molecular complexity index is 702. The van der Waals surface area contributed by atoms with Crippen LogP contribution in [0.2, 0.25) is 5.02 Å². The topological polar surface area (TPSA) is 37.3 Å². The van der Waals surface area contributed by atoms with Gasteiger partial charge in [-0.15, -0.1) is 0 Å². The van der Waals surface area contributed by atoms with Crippen molar-refractivity contribution in [1.29, 1.82) is 0 Å². The summed E-state index contributed by atoms with van der Waals surface area (Å²) in [6, 6.07) is 11.2. The van der Waals surface area contributed by atoms with Crippen molar-refractivity contribution in [1.82, 2.24) is 0 Å². The molecule has 2 aromatic carbocycles. The zero-order chi connectivity index (χ0) is 13.8. The molecule has 0 unspecified atom stereocenters. The van der Waals surface area contributed by atoms with Gasteiger partial charge in [0.2, 0.25) is 0 Å². The molecule has 0 heterocycles. The zero-order valence-corrected chi connectivity index (χ0v) is 11.5. The molecule has 0 amide bonds. The van der Waals surface area contributed by atoms with E-state index in [-0.39, 0.29) is 5.41 Å². The molecule has 19 heavy (non-hydrogen) atoms. The molecule has 0 aliphatic heterocycles. The first-order valence-electron chi connectivity index (χ1n) is 6.09. The molecule has 0 fully saturated rings. The van der Waals surface area contributed by atoms with Crippen molar-refractivity contribution in [2.45, 2.75) is 19.3 Å². The highest BCUT2D eigenvalue weighted by molar-refractivity contribution is 6.30. The van der Waals surface area contributed by atoms with E-state index in [1.54, 1.807) is 12.1 Å². The molecule has 1 aliphatic carbocycles. The van der Waals surface area contributed by atoms with Gasteiger partial charge in [-0.1, -0.05) is 37.6 Å². The Morgan fingerprint density at radius 3 is 2.26 bits per heavy atom. The standard InChI is InChI=1S/C16H13ClO2/c1-16(2)13-7-9(15(18)19)3-5-11(13)12-6-4-10(17)8-14(12)16/h3-8H,1-2H3,(H,18,19). The minimum atomic E-state index is -0.896. The Kier molecular flexibility index (Phi) is 2.48. The van der Waals surface area contributed by atoms with Crippen LogP contribution >= 0.6 is 11.6 Å². The van der Waals surface area contributed by atoms with Crippen molar-refractivity contribution < 1.29 is 9.90 Å². The second-order valence-corrected chi connectivity index (χ2v) is 5.82. The minimum absolute atomic E-state index is 0.221. The third kappa shape index (κ3) is 1.67. The van der Waals surface area contributed by atoms with E-state index in [9.17, 15) is 4.79 Å². The van der Waals surface area contributed by atoms with Crippen LogP contribution in [0, 0.1) is 0 Å². The Hall–Kier alpha value is -1.80. The highest BCUT2D eigenvalue weighted by atomic mass is 35.5. The molecule has 96 valence electrons. The van der Waals surface area contributed by atoms with Crippen molar-refractivity contribution in [3.63, 3.8) is 0 Å². The van der Waals surface area contributed by atoms with E-state index in [1.165, 1.54) is 0 Å². The lowest BCUT2D eigenvalue weighted by atomic mass is 9.82. The minimum Gasteiger partial charge on any atom is -0.478 e. The van der Waals surface area contributed by atoms with Gasteiger partial charge in [-0.05, 0) is 46.5 Å². The Morgan fingerprint density at radius 1 is 1.05 bits per heavy atom. The normalized spacial score (nSPS) is 14.9. The lowest BCUT2D eigenvalue weighted by Gasteiger charge is -2.21. The summed E-state index contributed by atoms with van der Waals surface area (Å²) in [7, 11) is 0. The van der Waals surface area contributed by atoms with E-state index in [4.69, 9.17) is 16.7 Å². The summed E-state index contributed by atoms with van der Waals surface area (Å²) in [4.78, 5) is 11.1. The van der Waals surface area contributed by atoms with Crippen LogP contribution in [0.3, 0.4) is 0 Å². The van der Waals surface area contributed by atoms with Gasteiger partial charge in [0.15, 0.2) is 0 Å². The quantitative estimate of drug-likeness (QED) is 0.838. The van der Waals surface area contributed by atoms with Crippen LogP contribution in [-0.2, 0) is 5.41 Å². The molecule has 2 nitrogen and oxygen atoms in total. The maximum Gasteiger partial charge on any atom is 0.335 e. The molecule has 0 saturated carbocycles. The Morgan fingerprint density at radius 2 is 1.63 bits per heavy atom. The van der Waals surface area contributed by atoms with E-state index in [2.05, 4.69) is 13.8 Å². The zero-order valence-electron chi connectivity index (χ0n) is 10.7. The van der Waals surface area contributed by atoms with E-state index in [0.717, 1.165) is 22.3 Å². The lowest BCUT2D eigenvalue weighted by molar-refractivity contribution is 0.0697. The second kappa shape index (κ2) is 3.84. The van der Waals surface area contributed by atoms with Crippen LogP contribution in [0.15, 0.2) is 36.4 Å². The molecule has 1 aliphatic rings. The maximum atomic E-state index is 11.1. The van der Waals surface area contributed by atoms with Gasteiger partial charge >= 0.3 is 5.97 Å². The first-order valence-corrected chi connectivity index (χ1v) is 6.47. The van der Waals surface area contributed by atoms with Gasteiger partial charge in [0.05, 0.1) is 5.56 Å². The number of halogens is 1. The van der Waals surface area contributed by atoms with Crippen LogP contribution in [0.1, 0.15) is 35.3 Å². The van der Waals surface area contributed by atoms with Crippen molar-refractivity contribution in [3.05, 3.63) is 58.1 Å². The average Bonchev–Trinajstić information content (AvgIpc) is 2.58. The monoisotopic (exact) mass is 272 g/mol. The van der Waals surface area contributed by atoms with Gasteiger partial charge in [0.1, 0.15) is 0 Å². The number of fused-ring (bicyclic) bond motifs is 3. The molecule has 0 atom stereocenters. The second-order valence-electron chi connectivity index (χ2n) is 5.38. The first-order chi connectivity index (χ1) is 8.91. The van der Waals surface area contributed by atoms with Gasteiger partial charge in [-0.2, -0.15) is 0 Å². The molecule has 0 saturated heterocycles. The SMILES string of the molecule is CC1(C)c2cc(Cl)ccc2-c2ccc(C(=O)O)cc21. The number of hydrogen-bond acceptors (Lipinski definition) is 1. The summed E-state index contributed by atoms with van der Waals surface area (Å²) in [5.74, 6) is -0.896. The molecule has 2 aromatic rings. The molecule has 3 heteroatoms. The molecular formula is C16H13ClO2. The summed E-state index contributed by atoms with van der Waals surface area (Å²) in [6.07, 6.45) is 0. The molecule has 0 radical (unpaired) electrons. The number of rotatable bonds is 1. The Balaban J connectivity index is 2.30. The number of carboxylic acids is 1. The van der Waals surface area contributed by atoms with Crippen molar-refractivity contribution in [2.75, 3.05) is 0 Å². The van der Waals surface area contributed by atoms with E-state index < -0.39 is 5.97 Å². The first kappa shape index (κ1) is 12.2. The highest BCUT2D eigenvalue weighted by Gasteiger charge is 2.35. The lowest BCUT2D eigenvalue weighted by Crippen LogP contribution is -2.15. The fraction of sp³-hybridized carbons (Fsp3) is 0.188. The molecule has 0 spiro atoms. The average molecular weight is 273 g/mol. The largest absolute Gasteiger partial charge is 0.478 e.